The van der Waals surface area contributed by atoms with Crippen LogP contribution < -0.4 is 10.6 Å². The summed E-state index contributed by atoms with van der Waals surface area (Å²) in [5.74, 6) is -1.56. The molecule has 8 heteroatoms. The molecule has 1 aromatic carbocycles. The first-order chi connectivity index (χ1) is 13.0. The molecular weight excluding hydrogens is 350 g/mol. The topological polar surface area (TPSA) is 122 Å². The van der Waals surface area contributed by atoms with Crippen LogP contribution in [0.15, 0.2) is 40.9 Å². The summed E-state index contributed by atoms with van der Waals surface area (Å²) in [7, 11) is 0. The predicted molar refractivity (Wildman–Crippen MR) is 99.3 cm³/mol. The van der Waals surface area contributed by atoms with E-state index in [9.17, 15) is 19.5 Å². The molecule has 0 aliphatic carbocycles. The first kappa shape index (κ1) is 18.1. The number of amides is 1. The highest BCUT2D eigenvalue weighted by Gasteiger charge is 2.24. The number of carboxylic acids is 1. The van der Waals surface area contributed by atoms with Gasteiger partial charge in [-0.1, -0.05) is 19.1 Å². The van der Waals surface area contributed by atoms with Gasteiger partial charge in [0.1, 0.15) is 17.7 Å². The smallest absolute Gasteiger partial charge is 0.336 e. The molecule has 1 amide bonds. The Hall–Kier alpha value is -3.68. The van der Waals surface area contributed by atoms with Gasteiger partial charge < -0.3 is 25.0 Å². The Morgan fingerprint density at radius 2 is 2.07 bits per heavy atom. The van der Waals surface area contributed by atoms with Crippen LogP contribution >= 0.6 is 0 Å². The number of pyridine rings is 1. The Labute approximate surface area is 154 Å². The van der Waals surface area contributed by atoms with Crippen molar-refractivity contribution in [2.45, 2.75) is 13.3 Å². The third kappa shape index (κ3) is 3.64. The predicted octanol–water partition coefficient (Wildman–Crippen LogP) is 2.95. The third-order valence-corrected chi connectivity index (χ3v) is 3.99. The standard InChI is InChI=1S/C19H17N3O5/c1-2-11-6-7-14(21-10-11)22-18(24)17-16(20-8-9-23)15-12(19(25)26)4-3-5-13(15)27-17/h3-7,9-10,20H,2,8H2,1H3,(H,25,26)(H,21,22,24). The average Bonchev–Trinajstić information content (AvgIpc) is 3.05. The molecule has 0 aliphatic heterocycles. The van der Waals surface area contributed by atoms with E-state index in [0.717, 1.165) is 12.0 Å². The van der Waals surface area contributed by atoms with Gasteiger partial charge in [0.25, 0.3) is 5.91 Å². The molecule has 8 nitrogen and oxygen atoms in total. The van der Waals surface area contributed by atoms with Crippen LogP contribution in [0.25, 0.3) is 11.0 Å². The summed E-state index contributed by atoms with van der Waals surface area (Å²) < 4.78 is 5.58. The Balaban J connectivity index is 2.03. The lowest BCUT2D eigenvalue weighted by atomic mass is 10.1. The van der Waals surface area contributed by atoms with Crippen LogP contribution in [0.2, 0.25) is 0 Å². The first-order valence-electron chi connectivity index (χ1n) is 8.27. The van der Waals surface area contributed by atoms with Crippen molar-refractivity contribution in [2.24, 2.45) is 0 Å². The molecule has 0 aliphatic rings. The Kier molecular flexibility index (Phi) is 5.16. The Bertz CT molecular complexity index is 1010. The molecule has 0 atom stereocenters. The van der Waals surface area contributed by atoms with Crippen molar-refractivity contribution < 1.29 is 23.9 Å². The SMILES string of the molecule is CCc1ccc(NC(=O)c2oc3cccc(C(=O)O)c3c2NCC=O)nc1. The number of nitrogens with zero attached hydrogens (tertiary/aromatic N) is 1. The zero-order chi connectivity index (χ0) is 19.4. The molecule has 3 aromatic rings. The molecule has 138 valence electrons. The fraction of sp³-hybridized carbons (Fsp3) is 0.158. The first-order valence-corrected chi connectivity index (χ1v) is 8.27. The molecule has 0 radical (unpaired) electrons. The van der Waals surface area contributed by atoms with Crippen LogP contribution in [-0.4, -0.2) is 34.8 Å². The third-order valence-electron chi connectivity index (χ3n) is 3.99. The number of aromatic carboxylic acids is 1. The number of anilines is 2. The van der Waals surface area contributed by atoms with Crippen LogP contribution in [0, 0.1) is 0 Å². The molecule has 0 fully saturated rings. The lowest BCUT2D eigenvalue weighted by Gasteiger charge is -2.06. The minimum atomic E-state index is -1.17. The zero-order valence-corrected chi connectivity index (χ0v) is 14.5. The molecule has 0 unspecified atom stereocenters. The number of carboxylic acid groups (broad SMARTS) is 1. The van der Waals surface area contributed by atoms with Crippen molar-refractivity contribution in [3.8, 4) is 0 Å². The number of aryl methyl sites for hydroxylation is 1. The Morgan fingerprint density at radius 3 is 2.70 bits per heavy atom. The van der Waals surface area contributed by atoms with E-state index in [1.165, 1.54) is 12.1 Å². The summed E-state index contributed by atoms with van der Waals surface area (Å²) >= 11 is 0. The summed E-state index contributed by atoms with van der Waals surface area (Å²) in [5.41, 5.74) is 1.37. The molecule has 3 N–H and O–H groups in total. The molecule has 27 heavy (non-hydrogen) atoms. The molecule has 0 bridgehead atoms. The van der Waals surface area contributed by atoms with Crippen LogP contribution in [0.5, 0.6) is 0 Å². The summed E-state index contributed by atoms with van der Waals surface area (Å²) in [6.07, 6.45) is 3.08. The molecule has 2 aromatic heterocycles. The highest BCUT2D eigenvalue weighted by Crippen LogP contribution is 2.34. The van der Waals surface area contributed by atoms with Gasteiger partial charge in [-0.2, -0.15) is 0 Å². The Morgan fingerprint density at radius 1 is 1.26 bits per heavy atom. The van der Waals surface area contributed by atoms with Crippen molar-refractivity contribution in [3.05, 3.63) is 53.4 Å². The van der Waals surface area contributed by atoms with Gasteiger partial charge in [-0.05, 0) is 30.2 Å². The van der Waals surface area contributed by atoms with Gasteiger partial charge >= 0.3 is 5.97 Å². The molecule has 3 rings (SSSR count). The summed E-state index contributed by atoms with van der Waals surface area (Å²) in [6, 6.07) is 7.99. The highest BCUT2D eigenvalue weighted by atomic mass is 16.4. The minimum absolute atomic E-state index is 0.0332. The fourth-order valence-corrected chi connectivity index (χ4v) is 2.68. The monoisotopic (exact) mass is 367 g/mol. The van der Waals surface area contributed by atoms with Crippen molar-refractivity contribution in [3.63, 3.8) is 0 Å². The number of rotatable bonds is 7. The van der Waals surface area contributed by atoms with Gasteiger partial charge in [0.15, 0.2) is 0 Å². The average molecular weight is 367 g/mol. The summed E-state index contributed by atoms with van der Waals surface area (Å²) in [4.78, 5) is 39.1. The number of aromatic nitrogens is 1. The number of fused-ring (bicyclic) bond motifs is 1. The number of hydrogen-bond donors (Lipinski definition) is 3. The van der Waals surface area contributed by atoms with E-state index in [2.05, 4.69) is 15.6 Å². The van der Waals surface area contributed by atoms with Crippen molar-refractivity contribution in [2.75, 3.05) is 17.2 Å². The normalized spacial score (nSPS) is 10.6. The number of carbonyl (C=O) groups excluding carboxylic acids is 2. The van der Waals surface area contributed by atoms with Gasteiger partial charge in [0.2, 0.25) is 5.76 Å². The number of furan rings is 1. The van der Waals surface area contributed by atoms with E-state index >= 15 is 0 Å². The van der Waals surface area contributed by atoms with Gasteiger partial charge in [0.05, 0.1) is 23.2 Å². The van der Waals surface area contributed by atoms with Gasteiger partial charge in [0, 0.05) is 6.20 Å². The van der Waals surface area contributed by atoms with Crippen LogP contribution in [-0.2, 0) is 11.2 Å². The van der Waals surface area contributed by atoms with Gasteiger partial charge in [-0.3, -0.25) is 4.79 Å². The zero-order valence-electron chi connectivity index (χ0n) is 14.5. The van der Waals surface area contributed by atoms with Gasteiger partial charge in [-0.15, -0.1) is 0 Å². The second kappa shape index (κ2) is 7.69. The minimum Gasteiger partial charge on any atom is -0.478 e. The van der Waals surface area contributed by atoms with Crippen LogP contribution in [0.4, 0.5) is 11.5 Å². The summed E-state index contributed by atoms with van der Waals surface area (Å²) in [6.45, 7) is 1.89. The van der Waals surface area contributed by atoms with Crippen molar-refractivity contribution in [1.82, 2.24) is 4.98 Å². The molecule has 2 heterocycles. The quantitative estimate of drug-likeness (QED) is 0.549. The maximum atomic E-state index is 12.7. The van der Waals surface area contributed by atoms with Crippen molar-refractivity contribution in [1.29, 1.82) is 0 Å². The van der Waals surface area contributed by atoms with E-state index in [-0.39, 0.29) is 34.5 Å². The number of benzene rings is 1. The van der Waals surface area contributed by atoms with Crippen LogP contribution in [0.1, 0.15) is 33.4 Å². The van der Waals surface area contributed by atoms with E-state index < -0.39 is 11.9 Å². The number of carbonyl (C=O) groups is 3. The maximum absolute atomic E-state index is 12.7. The van der Waals surface area contributed by atoms with E-state index in [1.54, 1.807) is 18.3 Å². The second-order valence-corrected chi connectivity index (χ2v) is 5.70. The largest absolute Gasteiger partial charge is 0.478 e. The summed E-state index contributed by atoms with van der Waals surface area (Å²) in [5, 5.41) is 15.0. The molecule has 0 spiro atoms. The molecular formula is C19H17N3O5. The van der Waals surface area contributed by atoms with E-state index in [0.29, 0.717) is 12.1 Å². The lowest BCUT2D eigenvalue weighted by molar-refractivity contribution is -0.106. The number of aldehydes is 1. The fourth-order valence-electron chi connectivity index (χ4n) is 2.68. The van der Waals surface area contributed by atoms with E-state index in [4.69, 9.17) is 4.42 Å². The second-order valence-electron chi connectivity index (χ2n) is 5.70. The van der Waals surface area contributed by atoms with Gasteiger partial charge in [-0.25, -0.2) is 9.78 Å². The highest BCUT2D eigenvalue weighted by molar-refractivity contribution is 6.16. The maximum Gasteiger partial charge on any atom is 0.336 e. The van der Waals surface area contributed by atoms with E-state index in [1.807, 2.05) is 13.0 Å². The lowest BCUT2D eigenvalue weighted by Crippen LogP contribution is -2.15. The van der Waals surface area contributed by atoms with Crippen molar-refractivity contribution >= 4 is 40.6 Å². The number of nitrogens with one attached hydrogen (secondary N) is 2. The van der Waals surface area contributed by atoms with Crippen LogP contribution in [0.3, 0.4) is 0 Å². The molecule has 0 saturated carbocycles. The number of hydrogen-bond acceptors (Lipinski definition) is 6. The molecule has 0 saturated heterocycles.